The zero-order valence-electron chi connectivity index (χ0n) is 9.82. The molecule has 0 aliphatic heterocycles. The summed E-state index contributed by atoms with van der Waals surface area (Å²) < 4.78 is 24.0. The number of hydrogen-bond donors (Lipinski definition) is 0. The van der Waals surface area contributed by atoms with Crippen LogP contribution in [0.3, 0.4) is 0 Å². The number of hydrogen-bond acceptors (Lipinski definition) is 4. The summed E-state index contributed by atoms with van der Waals surface area (Å²) in [6.07, 6.45) is 2.06. The molecule has 0 N–H and O–H groups in total. The summed E-state index contributed by atoms with van der Waals surface area (Å²) in [6, 6.07) is 1.74. The molecular formula is C11H13Br2NO3S. The van der Waals surface area contributed by atoms with Gasteiger partial charge in [0.05, 0.1) is 5.75 Å². The number of rotatable bonds is 6. The number of nitrogens with zero attached hydrogens (tertiary/aromatic N) is 1. The van der Waals surface area contributed by atoms with Crippen LogP contribution in [0.1, 0.15) is 30.3 Å². The summed E-state index contributed by atoms with van der Waals surface area (Å²) in [6.45, 7) is 1.60. The molecule has 1 rings (SSSR count). The molecule has 0 saturated heterocycles. The predicted octanol–water partition coefficient (Wildman–Crippen LogP) is 3.00. The molecule has 0 radical (unpaired) electrons. The van der Waals surface area contributed by atoms with Crippen LogP contribution in [0.15, 0.2) is 21.2 Å². The smallest absolute Gasteiger partial charge is 0.182 e. The summed E-state index contributed by atoms with van der Waals surface area (Å²) in [5.74, 6) is 0.00540. The molecule has 1 aromatic rings. The minimum Gasteiger partial charge on any atom is -0.292 e. The number of pyridine rings is 1. The van der Waals surface area contributed by atoms with Crippen molar-refractivity contribution in [3.8, 4) is 0 Å². The number of ketones is 1. The summed E-state index contributed by atoms with van der Waals surface area (Å²) in [4.78, 5) is 15.9. The van der Waals surface area contributed by atoms with Crippen LogP contribution in [-0.4, -0.2) is 30.7 Å². The Kier molecular flexibility index (Phi) is 5.94. The van der Waals surface area contributed by atoms with E-state index in [4.69, 9.17) is 0 Å². The highest BCUT2D eigenvalue weighted by Crippen LogP contribution is 2.21. The van der Waals surface area contributed by atoms with Crippen molar-refractivity contribution in [3.05, 3.63) is 26.9 Å². The number of carbonyl (C=O) groups excluding carboxylic acids is 1. The second-order valence-electron chi connectivity index (χ2n) is 3.75. The minimum atomic E-state index is -3.01. The largest absolute Gasteiger partial charge is 0.292 e. The highest BCUT2D eigenvalue weighted by molar-refractivity contribution is 9.11. The Morgan fingerprint density at radius 2 is 2.06 bits per heavy atom. The first-order chi connectivity index (χ1) is 8.35. The van der Waals surface area contributed by atoms with Crippen LogP contribution in [-0.2, 0) is 9.84 Å². The Labute approximate surface area is 123 Å². The number of sulfone groups is 1. The van der Waals surface area contributed by atoms with Crippen LogP contribution in [0, 0.1) is 0 Å². The molecule has 0 saturated carbocycles. The van der Waals surface area contributed by atoms with Crippen molar-refractivity contribution in [3.63, 3.8) is 0 Å². The normalized spacial score (nSPS) is 11.5. The van der Waals surface area contributed by atoms with Gasteiger partial charge >= 0.3 is 0 Å². The van der Waals surface area contributed by atoms with E-state index in [1.807, 2.05) is 0 Å². The first kappa shape index (κ1) is 15.8. The zero-order chi connectivity index (χ0) is 13.8. The number of aromatic nitrogens is 1. The van der Waals surface area contributed by atoms with Crippen molar-refractivity contribution in [2.75, 3.05) is 11.5 Å². The molecule has 1 aromatic heterocycles. The molecule has 0 unspecified atom stereocenters. The predicted molar refractivity (Wildman–Crippen MR) is 77.5 cm³/mol. The maximum absolute atomic E-state index is 11.8. The van der Waals surface area contributed by atoms with Crippen molar-refractivity contribution in [2.45, 2.75) is 19.8 Å². The molecule has 18 heavy (non-hydrogen) atoms. The van der Waals surface area contributed by atoms with Gasteiger partial charge in [-0.05, 0) is 44.3 Å². The second kappa shape index (κ2) is 6.77. The third-order valence-corrected chi connectivity index (χ3v) is 5.20. The Morgan fingerprint density at radius 3 is 2.61 bits per heavy atom. The van der Waals surface area contributed by atoms with Gasteiger partial charge in [0, 0.05) is 27.3 Å². The Hall–Kier alpha value is -0.270. The fourth-order valence-corrected chi connectivity index (χ4v) is 3.42. The molecule has 0 fully saturated rings. The van der Waals surface area contributed by atoms with E-state index in [1.165, 1.54) is 0 Å². The van der Waals surface area contributed by atoms with Gasteiger partial charge in [0.15, 0.2) is 5.78 Å². The standard InChI is InChI=1S/C11H13Br2NO3S/c1-2-18(16,17)5-3-4-10(15)11-9(13)6-8(12)7-14-11/h6-7H,2-5H2,1H3. The SMILES string of the molecule is CCS(=O)(=O)CCCC(=O)c1ncc(Br)cc1Br. The van der Waals surface area contributed by atoms with Crippen LogP contribution in [0.25, 0.3) is 0 Å². The number of carbonyl (C=O) groups is 1. The van der Waals surface area contributed by atoms with Gasteiger partial charge in [0.25, 0.3) is 0 Å². The lowest BCUT2D eigenvalue weighted by molar-refractivity contribution is 0.0976. The topological polar surface area (TPSA) is 64.1 Å². The van der Waals surface area contributed by atoms with Gasteiger partial charge in [0.1, 0.15) is 15.5 Å². The van der Waals surface area contributed by atoms with E-state index in [1.54, 1.807) is 19.2 Å². The number of halogens is 2. The lowest BCUT2D eigenvalue weighted by atomic mass is 10.1. The van der Waals surface area contributed by atoms with Gasteiger partial charge in [-0.3, -0.25) is 9.78 Å². The maximum atomic E-state index is 11.8. The van der Waals surface area contributed by atoms with Crippen LogP contribution >= 0.6 is 31.9 Å². The first-order valence-corrected chi connectivity index (χ1v) is 8.81. The van der Waals surface area contributed by atoms with Gasteiger partial charge < -0.3 is 0 Å². The van der Waals surface area contributed by atoms with Crippen molar-refractivity contribution < 1.29 is 13.2 Å². The van der Waals surface area contributed by atoms with Gasteiger partial charge in [-0.1, -0.05) is 6.92 Å². The Bertz CT molecular complexity index is 543. The van der Waals surface area contributed by atoms with Crippen LogP contribution in [0.5, 0.6) is 0 Å². The zero-order valence-corrected chi connectivity index (χ0v) is 13.8. The summed E-state index contributed by atoms with van der Waals surface area (Å²) >= 11 is 6.51. The molecule has 0 aromatic carbocycles. The van der Waals surface area contributed by atoms with Gasteiger partial charge in [-0.15, -0.1) is 0 Å². The van der Waals surface area contributed by atoms with Crippen LogP contribution < -0.4 is 0 Å². The highest BCUT2D eigenvalue weighted by atomic mass is 79.9. The van der Waals surface area contributed by atoms with E-state index in [0.29, 0.717) is 16.6 Å². The summed E-state index contributed by atoms with van der Waals surface area (Å²) in [5.41, 5.74) is 0.340. The molecule has 0 aliphatic carbocycles. The van der Waals surface area contributed by atoms with Gasteiger partial charge in [-0.2, -0.15) is 0 Å². The molecule has 4 nitrogen and oxygen atoms in total. The molecule has 1 heterocycles. The quantitative estimate of drug-likeness (QED) is 0.691. The van der Waals surface area contributed by atoms with E-state index in [9.17, 15) is 13.2 Å². The maximum Gasteiger partial charge on any atom is 0.182 e. The molecule has 100 valence electrons. The first-order valence-electron chi connectivity index (χ1n) is 5.40. The van der Waals surface area contributed by atoms with Gasteiger partial charge in [0.2, 0.25) is 0 Å². The lowest BCUT2D eigenvalue weighted by Gasteiger charge is -2.03. The third kappa shape index (κ3) is 4.78. The molecule has 7 heteroatoms. The van der Waals surface area contributed by atoms with E-state index in [0.717, 1.165) is 4.47 Å². The number of Topliss-reactive ketones (excluding diaryl/α,β-unsaturated/α-hetero) is 1. The van der Waals surface area contributed by atoms with Crippen LogP contribution in [0.2, 0.25) is 0 Å². The summed E-state index contributed by atoms with van der Waals surface area (Å²) in [5, 5.41) is 0. The Balaban J connectivity index is 2.61. The molecule has 0 bridgehead atoms. The lowest BCUT2D eigenvalue weighted by Crippen LogP contribution is -2.11. The van der Waals surface area contributed by atoms with Crippen molar-refractivity contribution >= 4 is 47.5 Å². The molecular weight excluding hydrogens is 386 g/mol. The second-order valence-corrected chi connectivity index (χ2v) is 7.99. The fourth-order valence-electron chi connectivity index (χ4n) is 1.34. The third-order valence-electron chi connectivity index (χ3n) is 2.37. The van der Waals surface area contributed by atoms with Crippen molar-refractivity contribution in [1.82, 2.24) is 4.98 Å². The van der Waals surface area contributed by atoms with E-state index >= 15 is 0 Å². The van der Waals surface area contributed by atoms with E-state index in [2.05, 4.69) is 36.8 Å². The molecule has 0 spiro atoms. The molecule has 0 amide bonds. The van der Waals surface area contributed by atoms with Crippen molar-refractivity contribution in [2.24, 2.45) is 0 Å². The van der Waals surface area contributed by atoms with Gasteiger partial charge in [-0.25, -0.2) is 8.42 Å². The fraction of sp³-hybridized carbons (Fsp3) is 0.455. The van der Waals surface area contributed by atoms with Crippen molar-refractivity contribution in [1.29, 1.82) is 0 Å². The van der Waals surface area contributed by atoms with E-state index < -0.39 is 9.84 Å². The highest BCUT2D eigenvalue weighted by Gasteiger charge is 2.14. The van der Waals surface area contributed by atoms with Crippen LogP contribution in [0.4, 0.5) is 0 Å². The minimum absolute atomic E-state index is 0.0450. The monoisotopic (exact) mass is 397 g/mol. The van der Waals surface area contributed by atoms with E-state index in [-0.39, 0.29) is 23.7 Å². The molecule has 0 atom stereocenters. The average molecular weight is 399 g/mol. The summed E-state index contributed by atoms with van der Waals surface area (Å²) in [7, 11) is -3.01. The molecule has 0 aliphatic rings. The Morgan fingerprint density at radius 1 is 1.39 bits per heavy atom. The average Bonchev–Trinajstić information content (AvgIpc) is 2.28.